The van der Waals surface area contributed by atoms with Gasteiger partial charge < -0.3 is 39.4 Å². The number of hydrogen-bond acceptors (Lipinski definition) is 12. The minimum atomic E-state index is -2.84. The van der Waals surface area contributed by atoms with Gasteiger partial charge in [0, 0.05) is 37.1 Å². The molecule has 16 nitrogen and oxygen atoms in total. The third kappa shape index (κ3) is 11.8. The van der Waals surface area contributed by atoms with Gasteiger partial charge in [0.2, 0.25) is 17.7 Å². The maximum Gasteiger partial charge on any atom is 0.407 e. The van der Waals surface area contributed by atoms with Gasteiger partial charge in [-0.05, 0) is 60.5 Å². The van der Waals surface area contributed by atoms with Gasteiger partial charge in [-0.15, -0.1) is 0 Å². The zero-order valence-corrected chi connectivity index (χ0v) is 36.4. The van der Waals surface area contributed by atoms with Crippen molar-refractivity contribution in [3.05, 3.63) is 59.7 Å². The monoisotopic (exact) mass is 882 g/mol. The van der Waals surface area contributed by atoms with Crippen LogP contribution in [0.3, 0.4) is 0 Å². The molecule has 1 saturated carbocycles. The Balaban J connectivity index is 1.16. The molecule has 18 heteroatoms. The topological polar surface area (TPSA) is 204 Å². The fourth-order valence-corrected chi connectivity index (χ4v) is 8.37. The molecule has 2 heterocycles. The molecule has 2 N–H and O–H groups in total. The van der Waals surface area contributed by atoms with Gasteiger partial charge in [-0.3, -0.25) is 19.2 Å². The minimum Gasteiger partial charge on any atom is -0.456 e. The molecular formula is C45H56F2N4O12. The number of Topliss-reactive ketones (excluding diaryl/α,β-unsaturated/α-hetero) is 2. The summed E-state index contributed by atoms with van der Waals surface area (Å²) in [5.41, 5.74) is 1.16. The second-order valence-corrected chi connectivity index (χ2v) is 17.2. The number of rotatable bonds is 15. The van der Waals surface area contributed by atoms with Crippen LogP contribution in [-0.2, 0) is 38.1 Å². The van der Waals surface area contributed by atoms with Crippen molar-refractivity contribution in [2.75, 3.05) is 40.5 Å². The lowest BCUT2D eigenvalue weighted by Crippen LogP contribution is -2.54. The molecule has 4 amide bonds. The third-order valence-electron chi connectivity index (χ3n) is 12.1. The van der Waals surface area contributed by atoms with Crippen molar-refractivity contribution in [3.63, 3.8) is 0 Å². The van der Waals surface area contributed by atoms with Gasteiger partial charge in [0.15, 0.2) is 24.8 Å². The van der Waals surface area contributed by atoms with Gasteiger partial charge in [-0.1, -0.05) is 76.2 Å². The zero-order valence-electron chi connectivity index (χ0n) is 36.4. The summed E-state index contributed by atoms with van der Waals surface area (Å²) in [6.45, 7) is 6.04. The Morgan fingerprint density at radius 3 is 1.51 bits per heavy atom. The molecule has 63 heavy (non-hydrogen) atoms. The molecule has 3 fully saturated rings. The lowest BCUT2D eigenvalue weighted by Gasteiger charge is -2.37. The lowest BCUT2D eigenvalue weighted by molar-refractivity contribution is -0.153. The summed E-state index contributed by atoms with van der Waals surface area (Å²) in [6, 6.07) is 8.90. The Kier molecular flexibility index (Phi) is 15.6. The average Bonchev–Trinajstić information content (AvgIpc) is 3.92. The number of likely N-dealkylation sites (tertiary alicyclic amines) is 2. The summed E-state index contributed by atoms with van der Waals surface area (Å²) in [6.07, 6.45) is -1.23. The van der Waals surface area contributed by atoms with E-state index in [-0.39, 0.29) is 55.7 Å². The van der Waals surface area contributed by atoms with Crippen molar-refractivity contribution < 1.29 is 66.1 Å². The molecular weight excluding hydrogens is 827 g/mol. The number of ketones is 2. The molecule has 0 bridgehead atoms. The van der Waals surface area contributed by atoms with Gasteiger partial charge in [-0.25, -0.2) is 28.0 Å². The summed E-state index contributed by atoms with van der Waals surface area (Å²) in [7, 11) is 2.34. The normalized spacial score (nSPS) is 19.8. The number of nitrogens with zero attached hydrogens (tertiary/aromatic N) is 2. The molecule has 2 aromatic carbocycles. The predicted molar refractivity (Wildman–Crippen MR) is 221 cm³/mol. The maximum absolute atomic E-state index is 14.2. The number of methoxy groups -OCH3 is 2. The molecule has 0 aromatic heterocycles. The first-order chi connectivity index (χ1) is 29.8. The molecule has 342 valence electrons. The molecule has 4 atom stereocenters. The average molecular weight is 883 g/mol. The van der Waals surface area contributed by atoms with E-state index in [4.69, 9.17) is 9.47 Å². The van der Waals surface area contributed by atoms with E-state index in [1.165, 1.54) is 16.9 Å². The molecule has 3 aliphatic rings. The van der Waals surface area contributed by atoms with Gasteiger partial charge in [0.05, 0.1) is 14.2 Å². The summed E-state index contributed by atoms with van der Waals surface area (Å²) >= 11 is 0. The van der Waals surface area contributed by atoms with Crippen molar-refractivity contribution in [2.45, 2.75) is 103 Å². The van der Waals surface area contributed by atoms with Crippen LogP contribution >= 0.6 is 0 Å². The van der Waals surface area contributed by atoms with E-state index < -0.39 is 102 Å². The van der Waals surface area contributed by atoms with Crippen molar-refractivity contribution in [1.29, 1.82) is 0 Å². The molecule has 5 rings (SSSR count). The number of alkyl carbamates (subject to hydrolysis) is 2. The van der Waals surface area contributed by atoms with Crippen molar-refractivity contribution >= 4 is 47.5 Å². The number of benzene rings is 2. The summed E-state index contributed by atoms with van der Waals surface area (Å²) in [5, 5.41) is 5.02. The Bertz CT molecular complexity index is 2030. The molecule has 0 unspecified atom stereocenters. The van der Waals surface area contributed by atoms with E-state index in [0.717, 1.165) is 7.11 Å². The van der Waals surface area contributed by atoms with Crippen LogP contribution in [0.4, 0.5) is 18.4 Å². The zero-order chi connectivity index (χ0) is 46.2. The highest BCUT2D eigenvalue weighted by Gasteiger charge is 2.54. The largest absolute Gasteiger partial charge is 0.456 e. The number of nitrogens with one attached hydrogen (secondary N) is 2. The third-order valence-corrected chi connectivity index (χ3v) is 12.1. The summed E-state index contributed by atoms with van der Waals surface area (Å²) < 4.78 is 48.5. The van der Waals surface area contributed by atoms with E-state index in [2.05, 4.69) is 20.1 Å². The molecule has 0 radical (unpaired) electrons. The van der Waals surface area contributed by atoms with Crippen LogP contribution in [-0.4, -0.2) is 128 Å². The highest BCUT2D eigenvalue weighted by Crippen LogP contribution is 2.50. The quantitative estimate of drug-likeness (QED) is 0.132. The first-order valence-electron chi connectivity index (χ1n) is 21.1. The van der Waals surface area contributed by atoms with Crippen LogP contribution in [0.25, 0.3) is 11.1 Å². The number of amides is 4. The van der Waals surface area contributed by atoms with Gasteiger partial charge >= 0.3 is 24.1 Å². The van der Waals surface area contributed by atoms with E-state index in [0.29, 0.717) is 30.5 Å². The van der Waals surface area contributed by atoms with Crippen LogP contribution in [0.2, 0.25) is 0 Å². The molecule has 2 aliphatic heterocycles. The van der Waals surface area contributed by atoms with Crippen LogP contribution < -0.4 is 10.6 Å². The Morgan fingerprint density at radius 2 is 1.08 bits per heavy atom. The Labute approximate surface area is 364 Å². The number of ether oxygens (including phenoxy) is 4. The molecule has 2 saturated heterocycles. The van der Waals surface area contributed by atoms with Crippen LogP contribution in [0, 0.1) is 17.3 Å². The number of esters is 2. The SMILES string of the molecule is COC(=O)N[C@H](C(=O)N1CCC[C@H]1C(=O)OCC(=O)c1ccc(-c2ccc(C(=O)COC(=O)[C@@H]3CC4(CCC(F)(F)CC4)CN3C(=O)[C@@H](NC(=O)OC)C(C)C)cc2)cc1)C(C)C. The summed E-state index contributed by atoms with van der Waals surface area (Å²) in [4.78, 5) is 106. The molecule has 1 aliphatic carbocycles. The molecule has 1 spiro atoms. The summed E-state index contributed by atoms with van der Waals surface area (Å²) in [5.74, 6) is -7.12. The van der Waals surface area contributed by atoms with Gasteiger partial charge in [0.25, 0.3) is 0 Å². The second-order valence-electron chi connectivity index (χ2n) is 17.2. The number of hydrogen-bond donors (Lipinski definition) is 2. The fourth-order valence-electron chi connectivity index (χ4n) is 8.37. The van der Waals surface area contributed by atoms with Crippen LogP contribution in [0.15, 0.2) is 48.5 Å². The van der Waals surface area contributed by atoms with Crippen molar-refractivity contribution in [1.82, 2.24) is 20.4 Å². The predicted octanol–water partition coefficient (Wildman–Crippen LogP) is 5.35. The van der Waals surface area contributed by atoms with Crippen LogP contribution in [0.1, 0.15) is 93.4 Å². The number of carbonyl (C=O) groups is 8. The number of alkyl halides is 2. The van der Waals surface area contributed by atoms with Gasteiger partial charge in [-0.2, -0.15) is 0 Å². The highest BCUT2D eigenvalue weighted by atomic mass is 19.3. The standard InChI is InChI=1S/C45H56F2N4O12/c1-26(2)36(48-42(58)60-5)38(54)50-21-7-8-32(50)40(56)62-23-34(52)30-13-9-28(10-14-30)29-11-15-31(16-12-29)35(53)24-63-41(57)33-22-44(17-19-45(46,47)20-18-44)25-51(33)39(55)37(27(3)4)49-43(59)61-6/h9-16,26-27,32-33,36-37H,7-8,17-25H2,1-6H3,(H,48,58)(H,49,59)/t32-,33-,36-,37-/m0/s1. The second kappa shape index (κ2) is 20.5. The number of carbonyl (C=O) groups excluding carboxylic acids is 8. The van der Waals surface area contributed by atoms with Gasteiger partial charge in [0.1, 0.15) is 24.2 Å². The lowest BCUT2D eigenvalue weighted by atomic mass is 9.71. The highest BCUT2D eigenvalue weighted by molar-refractivity contribution is 6.00. The maximum atomic E-state index is 14.2. The smallest absolute Gasteiger partial charge is 0.407 e. The van der Waals surface area contributed by atoms with E-state index in [9.17, 15) is 47.1 Å². The number of halogens is 2. The van der Waals surface area contributed by atoms with Crippen molar-refractivity contribution in [2.24, 2.45) is 17.3 Å². The van der Waals surface area contributed by atoms with E-state index in [1.54, 1.807) is 76.2 Å². The first kappa shape index (κ1) is 48.1. The Hall–Kier alpha value is -5.94. The van der Waals surface area contributed by atoms with Crippen molar-refractivity contribution in [3.8, 4) is 11.1 Å². The molecule has 2 aromatic rings. The minimum absolute atomic E-state index is 0.0211. The first-order valence-corrected chi connectivity index (χ1v) is 21.1. The Morgan fingerprint density at radius 1 is 0.651 bits per heavy atom. The van der Waals surface area contributed by atoms with Crippen LogP contribution in [0.5, 0.6) is 0 Å². The fraction of sp³-hybridized carbons (Fsp3) is 0.556. The van der Waals surface area contributed by atoms with E-state index >= 15 is 0 Å². The van der Waals surface area contributed by atoms with E-state index in [1.807, 2.05) is 0 Å².